The molecular weight excluding hydrogens is 366 g/mol. The first-order valence-corrected chi connectivity index (χ1v) is 9.14. The third-order valence-electron chi connectivity index (χ3n) is 3.78. The summed E-state index contributed by atoms with van der Waals surface area (Å²) in [5.41, 5.74) is 0. The van der Waals surface area contributed by atoms with Gasteiger partial charge in [-0.15, -0.1) is 0 Å². The molecule has 1 aromatic rings. The molecule has 0 radical (unpaired) electrons. The molecule has 0 bridgehead atoms. The van der Waals surface area contributed by atoms with Crippen LogP contribution in [0.1, 0.15) is 0 Å². The molecule has 11 heteroatoms. The van der Waals surface area contributed by atoms with E-state index in [1.807, 2.05) is 0 Å². The molecule has 1 aliphatic rings. The largest absolute Gasteiger partial charge is 0.493 e. The van der Waals surface area contributed by atoms with Gasteiger partial charge in [-0.1, -0.05) is 0 Å². The number of likely N-dealkylation sites (N-methyl/N-ethyl adjacent to an activating group) is 1. The molecule has 1 aromatic carbocycles. The van der Waals surface area contributed by atoms with Crippen LogP contribution in [0, 0.1) is 0 Å². The molecule has 10 nitrogen and oxygen atoms in total. The lowest BCUT2D eigenvalue weighted by Gasteiger charge is -2.23. The quantitative estimate of drug-likeness (QED) is 0.595. The van der Waals surface area contributed by atoms with Crippen LogP contribution in [0.3, 0.4) is 0 Å². The minimum Gasteiger partial charge on any atom is -0.493 e. The van der Waals surface area contributed by atoms with E-state index in [1.165, 1.54) is 39.5 Å². The number of nitrogens with one attached hydrogen (secondary N) is 2. The van der Waals surface area contributed by atoms with Gasteiger partial charge >= 0.3 is 11.8 Å². The first kappa shape index (κ1) is 19.9. The second kappa shape index (κ2) is 8.34. The maximum Gasteiger partial charge on any atom is 0.309 e. The number of sulfonamides is 1. The molecule has 1 saturated heterocycles. The average Bonchev–Trinajstić information content (AvgIpc) is 3.14. The maximum atomic E-state index is 12.9. The van der Waals surface area contributed by atoms with Crippen LogP contribution in [0.25, 0.3) is 0 Å². The van der Waals surface area contributed by atoms with E-state index in [0.717, 1.165) is 4.31 Å². The molecule has 144 valence electrons. The molecule has 2 N–H and O–H groups in total. The van der Waals surface area contributed by atoms with E-state index in [0.29, 0.717) is 5.75 Å². The number of carbonyl (C=O) groups is 2. The number of hydrogen-bond donors (Lipinski definition) is 2. The van der Waals surface area contributed by atoms with Gasteiger partial charge in [-0.25, -0.2) is 8.42 Å². The Hall–Kier alpha value is -2.37. The van der Waals surface area contributed by atoms with E-state index < -0.39 is 28.1 Å². The molecule has 26 heavy (non-hydrogen) atoms. The highest BCUT2D eigenvalue weighted by atomic mass is 32.2. The molecule has 2 rings (SSSR count). The molecule has 1 aliphatic heterocycles. The van der Waals surface area contributed by atoms with Crippen molar-refractivity contribution in [3.63, 3.8) is 0 Å². The predicted octanol–water partition coefficient (Wildman–Crippen LogP) is -1.09. The molecule has 1 fully saturated rings. The summed E-state index contributed by atoms with van der Waals surface area (Å²) in [7, 11) is 0.280. The number of methoxy groups -OCH3 is 2. The second-order valence-corrected chi connectivity index (χ2v) is 7.14. The Morgan fingerprint density at radius 3 is 2.54 bits per heavy atom. The summed E-state index contributed by atoms with van der Waals surface area (Å²) in [6.45, 7) is 0.142. The van der Waals surface area contributed by atoms with E-state index in [-0.39, 0.29) is 30.3 Å². The number of benzene rings is 1. The van der Waals surface area contributed by atoms with E-state index in [4.69, 9.17) is 14.2 Å². The summed E-state index contributed by atoms with van der Waals surface area (Å²) >= 11 is 0. The molecule has 1 atom stereocenters. The zero-order chi connectivity index (χ0) is 19.3. The van der Waals surface area contributed by atoms with Crippen LogP contribution >= 0.6 is 0 Å². The molecular formula is C15H21N3O7S. The van der Waals surface area contributed by atoms with Crippen molar-refractivity contribution < 1.29 is 32.2 Å². The van der Waals surface area contributed by atoms with Gasteiger partial charge in [-0.05, 0) is 12.1 Å². The minimum absolute atomic E-state index is 0.00303. The summed E-state index contributed by atoms with van der Waals surface area (Å²) in [4.78, 5) is 22.8. The number of rotatable bonds is 6. The van der Waals surface area contributed by atoms with E-state index in [2.05, 4.69) is 10.6 Å². The van der Waals surface area contributed by atoms with Crippen LogP contribution in [0.5, 0.6) is 11.5 Å². The minimum atomic E-state index is -3.90. The van der Waals surface area contributed by atoms with Gasteiger partial charge in [-0.2, -0.15) is 4.31 Å². The van der Waals surface area contributed by atoms with Gasteiger partial charge < -0.3 is 24.8 Å². The molecule has 1 heterocycles. The smallest absolute Gasteiger partial charge is 0.309 e. The lowest BCUT2D eigenvalue weighted by atomic mass is 10.3. The van der Waals surface area contributed by atoms with E-state index in [9.17, 15) is 18.0 Å². The Kier molecular flexibility index (Phi) is 6.40. The summed E-state index contributed by atoms with van der Waals surface area (Å²) in [5, 5.41) is 4.52. The summed E-state index contributed by atoms with van der Waals surface area (Å²) in [6.07, 6.45) is -0.915. The van der Waals surface area contributed by atoms with E-state index in [1.54, 1.807) is 0 Å². The zero-order valence-electron chi connectivity index (χ0n) is 14.6. The Morgan fingerprint density at radius 2 is 1.92 bits per heavy atom. The normalized spacial score (nSPS) is 17.6. The predicted molar refractivity (Wildman–Crippen MR) is 90.3 cm³/mol. The first-order valence-electron chi connectivity index (χ1n) is 7.70. The van der Waals surface area contributed by atoms with Gasteiger partial charge in [0.15, 0.2) is 11.5 Å². The van der Waals surface area contributed by atoms with Gasteiger partial charge in [0, 0.05) is 19.7 Å². The van der Waals surface area contributed by atoms with Gasteiger partial charge in [0.1, 0.15) is 6.23 Å². The van der Waals surface area contributed by atoms with Crippen LogP contribution < -0.4 is 20.1 Å². The molecule has 0 aromatic heterocycles. The molecule has 0 spiro atoms. The molecule has 2 amide bonds. The van der Waals surface area contributed by atoms with Crippen LogP contribution in [0.15, 0.2) is 23.1 Å². The third kappa shape index (κ3) is 4.06. The number of amides is 2. The Morgan fingerprint density at radius 1 is 1.23 bits per heavy atom. The van der Waals surface area contributed by atoms with Gasteiger partial charge in [0.2, 0.25) is 10.0 Å². The zero-order valence-corrected chi connectivity index (χ0v) is 15.5. The van der Waals surface area contributed by atoms with Gasteiger partial charge in [0.05, 0.1) is 32.3 Å². The fourth-order valence-electron chi connectivity index (χ4n) is 2.43. The summed E-state index contributed by atoms with van der Waals surface area (Å²) in [6, 6.07) is 4.24. The monoisotopic (exact) mass is 387 g/mol. The van der Waals surface area contributed by atoms with E-state index >= 15 is 0 Å². The van der Waals surface area contributed by atoms with Crippen LogP contribution in [0.2, 0.25) is 0 Å². The van der Waals surface area contributed by atoms with Gasteiger partial charge in [-0.3, -0.25) is 9.59 Å². The highest BCUT2D eigenvalue weighted by molar-refractivity contribution is 7.89. The number of hydrogen-bond acceptors (Lipinski definition) is 7. The van der Waals surface area contributed by atoms with Crippen molar-refractivity contribution in [1.29, 1.82) is 0 Å². The van der Waals surface area contributed by atoms with Crippen LogP contribution in [-0.4, -0.2) is 71.7 Å². The second-order valence-electron chi connectivity index (χ2n) is 5.25. The number of carbonyl (C=O) groups excluding carboxylic acids is 2. The van der Waals surface area contributed by atoms with Crippen LogP contribution in [-0.2, 0) is 24.3 Å². The Balaban J connectivity index is 2.19. The van der Waals surface area contributed by atoms with Crippen molar-refractivity contribution in [3.8, 4) is 11.5 Å². The lowest BCUT2D eigenvalue weighted by molar-refractivity contribution is -0.139. The van der Waals surface area contributed by atoms with Crippen molar-refractivity contribution in [2.45, 2.75) is 11.1 Å². The molecule has 0 saturated carbocycles. The summed E-state index contributed by atoms with van der Waals surface area (Å²) < 4.78 is 42.6. The Labute approximate surface area is 151 Å². The standard InChI is InChI=1S/C15H21N3O7S/c1-16-14(19)15(20)17-9-13-18(6-7-25-13)26(21,22)10-4-5-11(23-2)12(8-10)24-3/h4-5,8,13H,6-7,9H2,1-3H3,(H,16,19)(H,17,20)/t13-/m0/s1. The lowest BCUT2D eigenvalue weighted by Crippen LogP contribution is -2.46. The first-order chi connectivity index (χ1) is 12.3. The average molecular weight is 387 g/mol. The number of ether oxygens (including phenoxy) is 3. The van der Waals surface area contributed by atoms with Crippen LogP contribution in [0.4, 0.5) is 0 Å². The van der Waals surface area contributed by atoms with Gasteiger partial charge in [0.25, 0.3) is 0 Å². The fraction of sp³-hybridized carbons (Fsp3) is 0.467. The molecule has 0 unspecified atom stereocenters. The fourth-order valence-corrected chi connectivity index (χ4v) is 3.95. The van der Waals surface area contributed by atoms with Crippen molar-refractivity contribution >= 4 is 21.8 Å². The highest BCUT2D eigenvalue weighted by Crippen LogP contribution is 2.31. The third-order valence-corrected chi connectivity index (χ3v) is 5.66. The van der Waals surface area contributed by atoms with Crippen molar-refractivity contribution in [2.75, 3.05) is 41.0 Å². The SMILES string of the molecule is CNC(=O)C(=O)NC[C@@H]1OCCN1S(=O)(=O)c1ccc(OC)c(OC)c1. The Bertz CT molecular complexity index is 781. The summed E-state index contributed by atoms with van der Waals surface area (Å²) in [5.74, 6) is -1.01. The number of nitrogens with zero attached hydrogens (tertiary/aromatic N) is 1. The molecule has 0 aliphatic carbocycles. The maximum absolute atomic E-state index is 12.9. The van der Waals surface area contributed by atoms with Crippen molar-refractivity contribution in [2.24, 2.45) is 0 Å². The topological polar surface area (TPSA) is 123 Å². The van der Waals surface area contributed by atoms with Crippen molar-refractivity contribution in [3.05, 3.63) is 18.2 Å². The highest BCUT2D eigenvalue weighted by Gasteiger charge is 2.37. The van der Waals surface area contributed by atoms with Crippen molar-refractivity contribution in [1.82, 2.24) is 14.9 Å².